The van der Waals surface area contributed by atoms with E-state index in [0.29, 0.717) is 0 Å². The van der Waals surface area contributed by atoms with Gasteiger partial charge >= 0.3 is 11.9 Å². The van der Waals surface area contributed by atoms with Crippen LogP contribution in [-0.4, -0.2) is 65.2 Å². The Kier molecular flexibility index (Phi) is 8.64. The van der Waals surface area contributed by atoms with Gasteiger partial charge in [0.2, 0.25) is 0 Å². The zero-order valence-corrected chi connectivity index (χ0v) is 16.9. The number of ether oxygens (including phenoxy) is 1. The molecule has 0 atom stereocenters. The number of piperazine rings is 1. The van der Waals surface area contributed by atoms with E-state index in [-0.39, 0.29) is 0 Å². The minimum Gasteiger partial charge on any atom is -0.497 e. The Hall–Kier alpha value is -2.90. The van der Waals surface area contributed by atoms with Gasteiger partial charge in [-0.15, -0.1) is 0 Å². The van der Waals surface area contributed by atoms with Crippen molar-refractivity contribution >= 4 is 11.9 Å². The molecule has 1 heterocycles. The summed E-state index contributed by atoms with van der Waals surface area (Å²) in [5, 5.41) is 14.8. The van der Waals surface area contributed by atoms with E-state index >= 15 is 0 Å². The molecule has 0 spiro atoms. The molecule has 0 amide bonds. The number of carboxylic acid groups (broad SMARTS) is 2. The minimum absolute atomic E-state index is 0.945. The second-order valence-corrected chi connectivity index (χ2v) is 7.00. The Balaban J connectivity index is 0.000000438. The lowest BCUT2D eigenvalue weighted by atomic mass is 10.1. The first-order valence-corrected chi connectivity index (χ1v) is 9.47. The zero-order valence-electron chi connectivity index (χ0n) is 16.9. The monoisotopic (exact) mass is 400 g/mol. The van der Waals surface area contributed by atoms with E-state index in [1.165, 1.54) is 16.7 Å². The summed E-state index contributed by atoms with van der Waals surface area (Å²) in [7, 11) is 1.73. The molecule has 0 aliphatic carbocycles. The number of carbonyl (C=O) groups is 2. The topological polar surface area (TPSA) is 90.3 Å². The number of hydrogen-bond donors (Lipinski definition) is 2. The van der Waals surface area contributed by atoms with Crippen LogP contribution < -0.4 is 4.74 Å². The van der Waals surface area contributed by atoms with Gasteiger partial charge in [-0.3, -0.25) is 9.80 Å². The van der Waals surface area contributed by atoms with Crippen molar-refractivity contribution in [2.24, 2.45) is 0 Å². The Morgan fingerprint density at radius 2 is 1.38 bits per heavy atom. The minimum atomic E-state index is -1.82. The van der Waals surface area contributed by atoms with Gasteiger partial charge in [0, 0.05) is 39.3 Å². The van der Waals surface area contributed by atoms with Crippen LogP contribution in [0.4, 0.5) is 0 Å². The van der Waals surface area contributed by atoms with Gasteiger partial charge in [0.1, 0.15) is 5.75 Å². The summed E-state index contributed by atoms with van der Waals surface area (Å²) in [6.45, 7) is 8.74. The number of aliphatic carboxylic acids is 2. The second-order valence-electron chi connectivity index (χ2n) is 7.00. The molecule has 3 rings (SSSR count). The van der Waals surface area contributed by atoms with Gasteiger partial charge in [-0.1, -0.05) is 42.0 Å². The lowest BCUT2D eigenvalue weighted by Gasteiger charge is -2.34. The first-order valence-electron chi connectivity index (χ1n) is 9.47. The molecule has 2 aromatic carbocycles. The molecule has 0 aromatic heterocycles. The summed E-state index contributed by atoms with van der Waals surface area (Å²) in [6, 6.07) is 17.3. The number of rotatable bonds is 5. The summed E-state index contributed by atoms with van der Waals surface area (Å²) in [5.41, 5.74) is 4.07. The fraction of sp³-hybridized carbons (Fsp3) is 0.364. The van der Waals surface area contributed by atoms with Crippen LogP contribution in [0.2, 0.25) is 0 Å². The highest BCUT2D eigenvalue weighted by atomic mass is 16.5. The van der Waals surface area contributed by atoms with Crippen LogP contribution >= 0.6 is 0 Å². The van der Waals surface area contributed by atoms with Crippen LogP contribution in [0.3, 0.4) is 0 Å². The van der Waals surface area contributed by atoms with Gasteiger partial charge in [-0.25, -0.2) is 9.59 Å². The van der Waals surface area contributed by atoms with E-state index in [9.17, 15) is 0 Å². The predicted molar refractivity (Wildman–Crippen MR) is 110 cm³/mol. The number of benzene rings is 2. The van der Waals surface area contributed by atoms with Gasteiger partial charge in [-0.2, -0.15) is 0 Å². The Morgan fingerprint density at radius 3 is 1.86 bits per heavy atom. The van der Waals surface area contributed by atoms with Crippen LogP contribution in [0.25, 0.3) is 0 Å². The highest BCUT2D eigenvalue weighted by molar-refractivity contribution is 6.27. The Bertz CT molecular complexity index is 787. The van der Waals surface area contributed by atoms with E-state index in [4.69, 9.17) is 24.5 Å². The lowest BCUT2D eigenvalue weighted by Crippen LogP contribution is -2.45. The molecular weight excluding hydrogens is 372 g/mol. The number of hydrogen-bond acceptors (Lipinski definition) is 5. The number of methoxy groups -OCH3 is 1. The average molecular weight is 400 g/mol. The normalized spacial score (nSPS) is 14.6. The van der Waals surface area contributed by atoms with E-state index in [0.717, 1.165) is 45.0 Å². The molecule has 1 aliphatic rings. The first kappa shape index (κ1) is 22.4. The fourth-order valence-electron chi connectivity index (χ4n) is 3.09. The first-order chi connectivity index (χ1) is 13.9. The van der Waals surface area contributed by atoms with E-state index in [2.05, 4.69) is 59.2 Å². The molecule has 0 saturated carbocycles. The molecule has 2 N–H and O–H groups in total. The lowest BCUT2D eigenvalue weighted by molar-refractivity contribution is -0.159. The molecule has 2 aromatic rings. The van der Waals surface area contributed by atoms with Crippen molar-refractivity contribution in [2.45, 2.75) is 20.0 Å². The van der Waals surface area contributed by atoms with Crippen molar-refractivity contribution in [3.05, 3.63) is 65.2 Å². The van der Waals surface area contributed by atoms with Crippen molar-refractivity contribution in [1.29, 1.82) is 0 Å². The molecule has 7 nitrogen and oxygen atoms in total. The third-order valence-electron chi connectivity index (χ3n) is 4.71. The quantitative estimate of drug-likeness (QED) is 0.745. The molecule has 29 heavy (non-hydrogen) atoms. The molecule has 1 saturated heterocycles. The fourth-order valence-corrected chi connectivity index (χ4v) is 3.09. The molecule has 1 aliphatic heterocycles. The maximum atomic E-state index is 9.10. The molecule has 0 radical (unpaired) electrons. The van der Waals surface area contributed by atoms with E-state index < -0.39 is 11.9 Å². The van der Waals surface area contributed by atoms with E-state index in [1.807, 2.05) is 6.07 Å². The van der Waals surface area contributed by atoms with Crippen LogP contribution in [0.5, 0.6) is 5.75 Å². The number of aryl methyl sites for hydroxylation is 1. The second kappa shape index (κ2) is 11.2. The Morgan fingerprint density at radius 1 is 0.862 bits per heavy atom. The molecular formula is C22H28N2O5. The molecule has 0 bridgehead atoms. The Labute approximate surface area is 171 Å². The highest BCUT2D eigenvalue weighted by Crippen LogP contribution is 2.16. The van der Waals surface area contributed by atoms with Crippen molar-refractivity contribution in [1.82, 2.24) is 9.80 Å². The highest BCUT2D eigenvalue weighted by Gasteiger charge is 2.17. The van der Waals surface area contributed by atoms with Crippen molar-refractivity contribution in [3.63, 3.8) is 0 Å². The largest absolute Gasteiger partial charge is 0.497 e. The molecule has 7 heteroatoms. The SMILES string of the molecule is COc1cccc(CN2CCN(Cc3ccc(C)cc3)CC2)c1.O=C(O)C(=O)O. The molecule has 1 fully saturated rings. The van der Waals surface area contributed by atoms with Crippen molar-refractivity contribution in [2.75, 3.05) is 33.3 Å². The van der Waals surface area contributed by atoms with Gasteiger partial charge in [0.05, 0.1) is 7.11 Å². The van der Waals surface area contributed by atoms with E-state index in [1.54, 1.807) is 7.11 Å². The standard InChI is InChI=1S/C20H26N2O.C2H2O4/c1-17-6-8-18(9-7-17)15-21-10-12-22(13-11-21)16-19-4-3-5-20(14-19)23-2;3-1(4)2(5)6/h3-9,14H,10-13,15-16H2,1-2H3;(H,3,4)(H,5,6). The zero-order chi connectivity index (χ0) is 21.2. The molecule has 156 valence electrons. The maximum Gasteiger partial charge on any atom is 0.414 e. The molecule has 0 unspecified atom stereocenters. The summed E-state index contributed by atoms with van der Waals surface area (Å²) >= 11 is 0. The third kappa shape index (κ3) is 7.93. The van der Waals surface area contributed by atoms with Crippen LogP contribution in [0, 0.1) is 6.92 Å². The van der Waals surface area contributed by atoms with Gasteiger partial charge < -0.3 is 14.9 Å². The summed E-state index contributed by atoms with van der Waals surface area (Å²) in [4.78, 5) is 23.3. The third-order valence-corrected chi connectivity index (χ3v) is 4.71. The van der Waals surface area contributed by atoms with Gasteiger partial charge in [0.25, 0.3) is 0 Å². The number of nitrogens with zero attached hydrogens (tertiary/aromatic N) is 2. The summed E-state index contributed by atoms with van der Waals surface area (Å²) in [6.07, 6.45) is 0. The predicted octanol–water partition coefficient (Wildman–Crippen LogP) is 2.48. The number of carboxylic acids is 2. The van der Waals surface area contributed by atoms with Crippen molar-refractivity contribution in [3.8, 4) is 5.75 Å². The smallest absolute Gasteiger partial charge is 0.414 e. The van der Waals surface area contributed by atoms with Crippen LogP contribution in [0.15, 0.2) is 48.5 Å². The van der Waals surface area contributed by atoms with Gasteiger partial charge in [0.15, 0.2) is 0 Å². The van der Waals surface area contributed by atoms with Crippen LogP contribution in [0.1, 0.15) is 16.7 Å². The van der Waals surface area contributed by atoms with Crippen molar-refractivity contribution < 1.29 is 24.5 Å². The summed E-state index contributed by atoms with van der Waals surface area (Å²) < 4.78 is 5.31. The average Bonchev–Trinajstić information content (AvgIpc) is 2.72. The van der Waals surface area contributed by atoms with Gasteiger partial charge in [-0.05, 0) is 30.2 Å². The van der Waals surface area contributed by atoms with Crippen LogP contribution in [-0.2, 0) is 22.7 Å². The summed E-state index contributed by atoms with van der Waals surface area (Å²) in [5.74, 6) is -2.70. The maximum absolute atomic E-state index is 9.10.